The number of carbonyl (C=O) groups excluding carboxylic acids is 7. The Labute approximate surface area is 640 Å². The van der Waals surface area contributed by atoms with Crippen LogP contribution in [0.1, 0.15) is 157 Å². The number of primary amides is 6. The van der Waals surface area contributed by atoms with Gasteiger partial charge in [-0.15, -0.1) is 0 Å². The fraction of sp³-hybridized carbons (Fsp3) is 0.597. The van der Waals surface area contributed by atoms with Crippen molar-refractivity contribution in [2.75, 3.05) is 18.9 Å². The molecule has 7 aliphatic rings. The molecule has 10 heterocycles. The van der Waals surface area contributed by atoms with E-state index in [0.717, 1.165) is 11.1 Å². The molecule has 1 radical (unpaired) electrons. The number of nitrogens with one attached hydrogen (secondary N) is 2. The molecule has 0 saturated carbocycles. The third kappa shape index (κ3) is 16.3. The molecule has 3 fully saturated rings. The minimum atomic E-state index is -5.32. The third-order valence-corrected chi connectivity index (χ3v) is 24.7. The topological polar surface area (TPSA) is 582 Å². The normalized spacial score (nSPS) is 33.6. The number of hydrogen-bond donors (Lipinski definition) is 13. The van der Waals surface area contributed by atoms with Gasteiger partial charge in [-0.3, -0.25) is 57.7 Å². The fourth-order valence-corrected chi connectivity index (χ4v) is 18.6. The standard InChI is InChI=1S/C62H90N13O14P.C10H12N5O3.Co/c1-29-20-39-40(21-30(29)2)75(28-70-39)57-52(84)53(41(27-76)87-57)89-90(85,86)88-31(3)26-69-49(83)18-19-59(8)37(22-46(66)80)56-62(11)61(10,25-48(68)82)36(14-17-45(65)79)51(74-62)33(5)55-60(9,24-47(67)81)34(12-15-43(63)77)38(71-55)23-42-58(6,7)35(13-16-44(64)78)50(72-42)32(4)54(59)73-56;1-4-6(16)7(17)10(18-4)15-3-14-5-8(11)12-2-13-9(5)15;/h20-21,23,28,31,34-37,41,52-53,56-57,71,76,84H,12-19,22,24-27H2,1-11H3,(H2,63,77)(H2,64,78)(H2,65,79)(H2,66,80)(H2,67,81)(H2,68,82)(H,69,83)(H,85,86);2-4,6-7,10,16-17H,1H2,(H2,11,12,13);/q;-1;+2/p-1/b38-23-,50-32-,55-33-;;/t31-,34-,35-,36-,37?,41-,52-,53-,56?,57+,59-,60+,61+,62+;4-,6-,7-,10-;/m11./s1. The Hall–Kier alpha value is -8.26. The maximum atomic E-state index is 14.4. The summed E-state index contributed by atoms with van der Waals surface area (Å²) in [7, 11) is -5.32. The van der Waals surface area contributed by atoms with Crippen molar-refractivity contribution in [1.29, 1.82) is 0 Å². The number of phosphoric acid groups is 1. The summed E-state index contributed by atoms with van der Waals surface area (Å²) in [5.41, 5.74) is 43.8. The van der Waals surface area contributed by atoms with Crippen LogP contribution in [0.3, 0.4) is 0 Å². The number of carbonyl (C=O) groups is 7. The van der Waals surface area contributed by atoms with Crippen LogP contribution in [-0.4, -0.2) is 175 Å². The van der Waals surface area contributed by atoms with Crippen molar-refractivity contribution in [3.63, 3.8) is 0 Å². The van der Waals surface area contributed by atoms with E-state index in [1.807, 2.05) is 87.4 Å². The molecule has 19 atom stereocenters. The number of ether oxygens (including phenoxy) is 2. The van der Waals surface area contributed by atoms with Crippen molar-refractivity contribution < 1.29 is 98.7 Å². The molecule has 3 unspecified atom stereocenters. The summed E-state index contributed by atoms with van der Waals surface area (Å²) in [6.07, 6.45) is -5.48. The second-order valence-electron chi connectivity index (χ2n) is 31.2. The van der Waals surface area contributed by atoms with Gasteiger partial charge in [0.2, 0.25) is 41.4 Å². The molecule has 1 aromatic carbocycles. The van der Waals surface area contributed by atoms with E-state index in [1.165, 1.54) is 35.0 Å². The number of aliphatic imine (C=N–C) groups is 3. The van der Waals surface area contributed by atoms with E-state index in [2.05, 4.69) is 37.5 Å². The number of aromatic nitrogens is 6. The molecule has 11 rings (SSSR count). The van der Waals surface area contributed by atoms with E-state index in [0.29, 0.717) is 67.6 Å². The molecule has 8 bridgehead atoms. The van der Waals surface area contributed by atoms with Gasteiger partial charge in [-0.1, -0.05) is 34.6 Å². The Kier molecular flexibility index (Phi) is 25.0. The predicted molar refractivity (Wildman–Crippen MR) is 392 cm³/mol. The number of fused-ring (bicyclic) bond motifs is 8. The fourth-order valence-electron chi connectivity index (χ4n) is 17.4. The van der Waals surface area contributed by atoms with Gasteiger partial charge < -0.3 is 106 Å². The summed E-state index contributed by atoms with van der Waals surface area (Å²) >= 11 is 0. The van der Waals surface area contributed by atoms with E-state index < -0.39 is 168 Å². The van der Waals surface area contributed by atoms with Crippen molar-refractivity contribution in [3.05, 3.63) is 83.5 Å². The summed E-state index contributed by atoms with van der Waals surface area (Å²) < 4.78 is 38.8. The number of phosphoric ester groups is 1. The number of hydrogen-bond acceptors (Lipinski definition) is 26. The van der Waals surface area contributed by atoms with Crippen LogP contribution in [0.5, 0.6) is 0 Å². The van der Waals surface area contributed by atoms with Gasteiger partial charge in [0, 0.05) is 131 Å². The number of benzene rings is 1. The van der Waals surface area contributed by atoms with E-state index in [-0.39, 0.29) is 99.8 Å². The van der Waals surface area contributed by atoms with Crippen LogP contribution in [0.15, 0.2) is 80.4 Å². The van der Waals surface area contributed by atoms with Gasteiger partial charge in [0.15, 0.2) is 23.9 Å². The SMILES string of the molecule is C/C1=C2N=C(/C=C3\N/C(=C(/C)C4=N[C@@](C)(C5N=C1[C@](C)(CCC(=O)NC[C@@H](C)OP(=O)([O-])O[C@H]1[C@@H](O)[C@@H](n6cnc7cc(C)c(C)cc76)O[C@@H]1CO)C5CC(N)=O)[C@@](C)(CC(N)=O)[C@@H]4CCC(N)=O)[C@@](C)(CC(N)=O)[C@@H]3CCC(N)=O)C(C)(C)[C@@H]/2CCC(N)=O.[CH2-][C@H]1O[C@@H](n2cnc3c(N)ncnc32)[C@H](O)[C@@H]1O.[Co+2]. The number of rotatable bonds is 27. The zero-order chi connectivity index (χ0) is 79.6. The number of nitrogens with zero attached hydrogens (tertiary/aromatic N) is 9. The van der Waals surface area contributed by atoms with Crippen LogP contribution in [0.4, 0.5) is 5.82 Å². The van der Waals surface area contributed by atoms with E-state index in [4.69, 9.17) is 73.6 Å². The van der Waals surface area contributed by atoms with Gasteiger partial charge in [0.05, 0.1) is 54.1 Å². The van der Waals surface area contributed by atoms with Crippen LogP contribution in [0.2, 0.25) is 0 Å². The van der Waals surface area contributed by atoms with E-state index in [1.54, 1.807) is 0 Å². The van der Waals surface area contributed by atoms with Gasteiger partial charge in [-0.25, -0.2) is 19.9 Å². The van der Waals surface area contributed by atoms with Crippen molar-refractivity contribution in [2.45, 2.75) is 214 Å². The van der Waals surface area contributed by atoms with Crippen molar-refractivity contribution >= 4 is 94.3 Å². The van der Waals surface area contributed by atoms with Crippen LogP contribution in [0, 0.1) is 66.1 Å². The van der Waals surface area contributed by atoms with Crippen LogP contribution in [-0.2, 0) is 73.4 Å². The number of aliphatic hydroxyl groups excluding tert-OH is 4. The van der Waals surface area contributed by atoms with Crippen molar-refractivity contribution in [1.82, 2.24) is 39.7 Å². The molecule has 0 spiro atoms. The molecule has 3 aromatic heterocycles. The van der Waals surface area contributed by atoms with Gasteiger partial charge in [0.25, 0.3) is 7.82 Å². The molecule has 0 aliphatic carbocycles. The maximum Gasteiger partial charge on any atom is 2.00 e. The number of aliphatic hydroxyl groups is 4. The monoisotopic (exact) mass is 1580 g/mol. The second kappa shape index (κ2) is 32.2. The summed E-state index contributed by atoms with van der Waals surface area (Å²) in [5.74, 6) is -6.99. The third-order valence-electron chi connectivity index (χ3n) is 23.6. The van der Waals surface area contributed by atoms with E-state index in [9.17, 15) is 63.4 Å². The summed E-state index contributed by atoms with van der Waals surface area (Å²) in [5, 5.41) is 47.7. The number of nitrogens with two attached hydrogens (primary N) is 7. The predicted octanol–water partition coefficient (Wildman–Crippen LogP) is 1.39. The van der Waals surface area contributed by atoms with Gasteiger partial charge >= 0.3 is 16.8 Å². The maximum absolute atomic E-state index is 14.4. The summed E-state index contributed by atoms with van der Waals surface area (Å²) in [4.78, 5) is 140. The van der Waals surface area contributed by atoms with E-state index >= 15 is 0 Å². The zero-order valence-electron chi connectivity index (χ0n) is 62.9. The van der Waals surface area contributed by atoms with Crippen molar-refractivity contribution in [2.24, 2.45) is 94.7 Å². The number of nitrogen functional groups attached to an aromatic ring is 1. The molecule has 109 heavy (non-hydrogen) atoms. The molecular formula is C72H101CoN18O17P. The number of amides is 7. The molecule has 595 valence electrons. The number of anilines is 1. The minimum absolute atomic E-state index is 0. The smallest absolute Gasteiger partial charge is 0.756 e. The minimum Gasteiger partial charge on any atom is -0.756 e. The average molecular weight is 1580 g/mol. The Morgan fingerprint density at radius 1 is 0.752 bits per heavy atom. The molecule has 37 heteroatoms. The van der Waals surface area contributed by atoms with Gasteiger partial charge in [-0.05, 0) is 114 Å². The zero-order valence-corrected chi connectivity index (χ0v) is 64.8. The van der Waals surface area contributed by atoms with Crippen LogP contribution in [0.25, 0.3) is 22.2 Å². The molecule has 20 N–H and O–H groups in total. The number of imidazole rings is 2. The quantitative estimate of drug-likeness (QED) is 0.0296. The molecule has 35 nitrogen and oxygen atoms in total. The first kappa shape index (κ1) is 84.8. The number of allylic oxidation sites excluding steroid dienone is 6. The average Bonchev–Trinajstić information content (AvgIpc) is 1.53. The molecule has 7 amide bonds. The first-order valence-electron chi connectivity index (χ1n) is 35.9. The first-order valence-corrected chi connectivity index (χ1v) is 37.4. The summed E-state index contributed by atoms with van der Waals surface area (Å²) in [6, 6.07) is 2.67. The van der Waals surface area contributed by atoms with Crippen LogP contribution >= 0.6 is 7.82 Å². The van der Waals surface area contributed by atoms with Gasteiger partial charge in [-0.2, -0.15) is 0 Å². The molecule has 7 aliphatic heterocycles. The molecule has 3 saturated heterocycles. The Balaban J connectivity index is 0.000000623. The number of aryl methyl sites for hydroxylation is 2. The molecule has 4 aromatic rings. The second-order valence-corrected chi connectivity index (χ2v) is 32.5. The van der Waals surface area contributed by atoms with Crippen LogP contribution < -0.4 is 55.7 Å². The molecular weight excluding hydrogens is 1480 g/mol. The first-order chi connectivity index (χ1) is 50.4. The van der Waals surface area contributed by atoms with Crippen molar-refractivity contribution in [3.8, 4) is 0 Å². The summed E-state index contributed by atoms with van der Waals surface area (Å²) in [6.45, 7) is 22.7. The largest absolute Gasteiger partial charge is 2.00 e. The Bertz CT molecular complexity index is 4520. The Morgan fingerprint density at radius 2 is 1.36 bits per heavy atom. The Morgan fingerprint density at radius 3 is 1.95 bits per heavy atom. The van der Waals surface area contributed by atoms with Gasteiger partial charge in [0.1, 0.15) is 36.3 Å².